The number of likely N-dealkylation sites (tertiary alicyclic amines) is 1. The Morgan fingerprint density at radius 3 is 2.90 bits per heavy atom. The minimum Gasteiger partial charge on any atom is -0.496 e. The number of para-hydroxylation sites is 1. The molecule has 0 radical (unpaired) electrons. The Balaban J connectivity index is 1.61. The third kappa shape index (κ3) is 3.56. The number of benzene rings is 1. The van der Waals surface area contributed by atoms with Crippen molar-refractivity contribution in [2.75, 3.05) is 20.2 Å². The lowest BCUT2D eigenvalue weighted by Crippen LogP contribution is -2.42. The van der Waals surface area contributed by atoms with Crippen molar-refractivity contribution in [3.05, 3.63) is 29.8 Å². The lowest BCUT2D eigenvalue weighted by atomic mass is 10.0. The Bertz CT molecular complexity index is 499. The molecule has 114 valence electrons. The maximum absolute atomic E-state index is 12.4. The van der Waals surface area contributed by atoms with Gasteiger partial charge in [0.05, 0.1) is 13.7 Å². The van der Waals surface area contributed by atoms with Crippen LogP contribution in [0.3, 0.4) is 0 Å². The van der Waals surface area contributed by atoms with Crippen LogP contribution in [0, 0.1) is 0 Å². The topological polar surface area (TPSA) is 41.6 Å². The van der Waals surface area contributed by atoms with E-state index in [9.17, 15) is 4.79 Å². The molecule has 0 unspecified atom stereocenters. The van der Waals surface area contributed by atoms with Crippen molar-refractivity contribution in [3.8, 4) is 5.75 Å². The van der Waals surface area contributed by atoms with E-state index in [4.69, 9.17) is 4.74 Å². The van der Waals surface area contributed by atoms with Gasteiger partial charge in [-0.2, -0.15) is 0 Å². The molecule has 4 heteroatoms. The van der Waals surface area contributed by atoms with E-state index in [0.717, 1.165) is 31.6 Å². The molecule has 1 N–H and O–H groups in total. The highest BCUT2D eigenvalue weighted by molar-refractivity contribution is 5.79. The first-order valence-electron chi connectivity index (χ1n) is 7.92. The van der Waals surface area contributed by atoms with Crippen molar-refractivity contribution in [3.63, 3.8) is 0 Å². The van der Waals surface area contributed by atoms with Gasteiger partial charge in [0.25, 0.3) is 0 Å². The average molecular weight is 288 g/mol. The maximum atomic E-state index is 12.4. The Morgan fingerprint density at radius 1 is 1.33 bits per heavy atom. The van der Waals surface area contributed by atoms with Crippen LogP contribution < -0.4 is 10.1 Å². The van der Waals surface area contributed by atoms with Crippen LogP contribution in [0.5, 0.6) is 5.75 Å². The van der Waals surface area contributed by atoms with Crippen LogP contribution in [0.1, 0.15) is 31.2 Å². The fraction of sp³-hybridized carbons (Fsp3) is 0.588. The molecule has 0 bridgehead atoms. The summed E-state index contributed by atoms with van der Waals surface area (Å²) < 4.78 is 5.42. The van der Waals surface area contributed by atoms with Crippen LogP contribution in [-0.4, -0.2) is 43.1 Å². The quantitative estimate of drug-likeness (QED) is 0.870. The van der Waals surface area contributed by atoms with Crippen LogP contribution in [0.4, 0.5) is 0 Å². The summed E-state index contributed by atoms with van der Waals surface area (Å²) in [6, 6.07) is 9.01. The summed E-state index contributed by atoms with van der Waals surface area (Å²) in [6.45, 7) is 1.39. The largest absolute Gasteiger partial charge is 0.496 e. The molecule has 21 heavy (non-hydrogen) atoms. The second-order valence-electron chi connectivity index (χ2n) is 6.05. The van der Waals surface area contributed by atoms with E-state index in [0.29, 0.717) is 18.6 Å². The van der Waals surface area contributed by atoms with Crippen LogP contribution in [0.25, 0.3) is 0 Å². The highest BCUT2D eigenvalue weighted by Crippen LogP contribution is 2.26. The number of carbonyl (C=O) groups is 1. The summed E-state index contributed by atoms with van der Waals surface area (Å²) in [5.41, 5.74) is 1.19. The Kier molecular flexibility index (Phi) is 4.44. The van der Waals surface area contributed by atoms with Gasteiger partial charge in [-0.15, -0.1) is 0 Å². The molecule has 1 amide bonds. The normalized spacial score (nSPS) is 21.6. The van der Waals surface area contributed by atoms with Gasteiger partial charge < -0.3 is 15.0 Å². The average Bonchev–Trinajstić information content (AvgIpc) is 3.23. The standard InChI is InChI=1S/C17H24N2O2/c1-21-16-7-3-2-5-13(16)11-15-6-4-10-19(15)17(20)12-18-14-8-9-14/h2-3,5,7,14-15,18H,4,6,8-12H2,1H3/t15-/m0/s1. The van der Waals surface area contributed by atoms with Crippen molar-refractivity contribution in [1.82, 2.24) is 10.2 Å². The van der Waals surface area contributed by atoms with E-state index < -0.39 is 0 Å². The molecule has 3 rings (SSSR count). The number of rotatable bonds is 6. The number of carbonyl (C=O) groups excluding carboxylic acids is 1. The van der Waals surface area contributed by atoms with Gasteiger partial charge in [0.15, 0.2) is 0 Å². The van der Waals surface area contributed by atoms with Crippen molar-refractivity contribution >= 4 is 5.91 Å². The summed E-state index contributed by atoms with van der Waals surface area (Å²) in [6.07, 6.45) is 5.53. The second kappa shape index (κ2) is 6.48. The molecule has 4 nitrogen and oxygen atoms in total. The van der Waals surface area contributed by atoms with Gasteiger partial charge in [-0.1, -0.05) is 18.2 Å². The molecule has 1 aromatic carbocycles. The predicted octanol–water partition coefficient (Wildman–Crippen LogP) is 1.98. The first-order chi connectivity index (χ1) is 10.3. The number of methoxy groups -OCH3 is 1. The van der Waals surface area contributed by atoms with Crippen LogP contribution in [-0.2, 0) is 11.2 Å². The number of nitrogens with zero attached hydrogens (tertiary/aromatic N) is 1. The van der Waals surface area contributed by atoms with Crippen molar-refractivity contribution < 1.29 is 9.53 Å². The zero-order valence-electron chi connectivity index (χ0n) is 12.7. The molecule has 1 aliphatic carbocycles. The molecular formula is C17H24N2O2. The minimum absolute atomic E-state index is 0.249. The molecule has 0 spiro atoms. The molecule has 1 aromatic rings. The smallest absolute Gasteiger partial charge is 0.236 e. The number of ether oxygens (including phenoxy) is 1. The third-order valence-corrected chi connectivity index (χ3v) is 4.46. The summed E-state index contributed by atoms with van der Waals surface area (Å²) in [7, 11) is 1.70. The number of hydrogen-bond acceptors (Lipinski definition) is 3. The van der Waals surface area contributed by atoms with E-state index in [1.54, 1.807) is 7.11 Å². The SMILES string of the molecule is COc1ccccc1C[C@@H]1CCCN1C(=O)CNC1CC1. The Morgan fingerprint density at radius 2 is 2.14 bits per heavy atom. The van der Waals surface area contributed by atoms with Gasteiger partial charge in [-0.05, 0) is 43.7 Å². The molecular weight excluding hydrogens is 264 g/mol. The van der Waals surface area contributed by atoms with Gasteiger partial charge in [-0.25, -0.2) is 0 Å². The Hall–Kier alpha value is -1.55. The minimum atomic E-state index is 0.249. The van der Waals surface area contributed by atoms with Crippen molar-refractivity contribution in [1.29, 1.82) is 0 Å². The molecule has 2 fully saturated rings. The second-order valence-corrected chi connectivity index (χ2v) is 6.05. The lowest BCUT2D eigenvalue weighted by Gasteiger charge is -2.25. The zero-order valence-corrected chi connectivity index (χ0v) is 12.7. The molecule has 2 aliphatic rings. The predicted molar refractivity (Wildman–Crippen MR) is 82.5 cm³/mol. The first-order valence-corrected chi connectivity index (χ1v) is 7.92. The fourth-order valence-electron chi connectivity index (χ4n) is 3.12. The third-order valence-electron chi connectivity index (χ3n) is 4.46. The molecule has 1 aliphatic heterocycles. The van der Waals surface area contributed by atoms with Gasteiger partial charge in [0.2, 0.25) is 5.91 Å². The highest BCUT2D eigenvalue weighted by atomic mass is 16.5. The summed E-state index contributed by atoms with van der Waals surface area (Å²) in [4.78, 5) is 14.4. The number of amides is 1. The summed E-state index contributed by atoms with van der Waals surface area (Å²) in [5, 5.41) is 3.32. The lowest BCUT2D eigenvalue weighted by molar-refractivity contribution is -0.131. The van der Waals surface area contributed by atoms with Gasteiger partial charge in [-0.3, -0.25) is 4.79 Å². The van der Waals surface area contributed by atoms with Crippen LogP contribution >= 0.6 is 0 Å². The van der Waals surface area contributed by atoms with Crippen LogP contribution in [0.15, 0.2) is 24.3 Å². The molecule has 1 saturated heterocycles. The van der Waals surface area contributed by atoms with E-state index in [-0.39, 0.29) is 5.91 Å². The Labute approximate surface area is 126 Å². The molecule has 1 atom stereocenters. The molecule has 1 heterocycles. The highest BCUT2D eigenvalue weighted by Gasteiger charge is 2.30. The van der Waals surface area contributed by atoms with E-state index >= 15 is 0 Å². The number of hydrogen-bond donors (Lipinski definition) is 1. The zero-order chi connectivity index (χ0) is 14.7. The van der Waals surface area contributed by atoms with E-state index in [1.165, 1.54) is 18.4 Å². The molecule has 1 saturated carbocycles. The van der Waals surface area contributed by atoms with E-state index in [2.05, 4.69) is 16.3 Å². The van der Waals surface area contributed by atoms with Gasteiger partial charge in [0, 0.05) is 18.6 Å². The summed E-state index contributed by atoms with van der Waals surface area (Å²) in [5.74, 6) is 1.17. The maximum Gasteiger partial charge on any atom is 0.236 e. The van der Waals surface area contributed by atoms with Gasteiger partial charge >= 0.3 is 0 Å². The monoisotopic (exact) mass is 288 g/mol. The van der Waals surface area contributed by atoms with E-state index in [1.807, 2.05) is 18.2 Å². The summed E-state index contributed by atoms with van der Waals surface area (Å²) >= 11 is 0. The molecule has 0 aromatic heterocycles. The number of nitrogens with one attached hydrogen (secondary N) is 1. The fourth-order valence-corrected chi connectivity index (χ4v) is 3.12. The first kappa shape index (κ1) is 14.4. The van der Waals surface area contributed by atoms with Crippen molar-refractivity contribution in [2.45, 2.75) is 44.2 Å². The van der Waals surface area contributed by atoms with Crippen LogP contribution in [0.2, 0.25) is 0 Å². The van der Waals surface area contributed by atoms with Crippen molar-refractivity contribution in [2.24, 2.45) is 0 Å². The van der Waals surface area contributed by atoms with Gasteiger partial charge in [0.1, 0.15) is 5.75 Å².